The minimum absolute atomic E-state index is 0.210. The van der Waals surface area contributed by atoms with E-state index in [1.807, 2.05) is 41.2 Å². The third-order valence-electron chi connectivity index (χ3n) is 6.84. The Morgan fingerprint density at radius 3 is 2.77 bits per heavy atom. The van der Waals surface area contributed by atoms with Gasteiger partial charge in [-0.05, 0) is 78.1 Å². The molecule has 0 aliphatic heterocycles. The molecule has 1 atom stereocenters. The Morgan fingerprint density at radius 2 is 1.95 bits per heavy atom. The van der Waals surface area contributed by atoms with Crippen LogP contribution in [0.5, 0.6) is 5.75 Å². The number of hydrogen-bond acceptors (Lipinski definition) is 6. The molecule has 3 N–H and O–H groups in total. The summed E-state index contributed by atoms with van der Waals surface area (Å²) in [6.45, 7) is 1.35. The van der Waals surface area contributed by atoms with Crippen molar-refractivity contribution in [1.29, 1.82) is 0 Å². The van der Waals surface area contributed by atoms with Crippen molar-refractivity contribution in [3.8, 4) is 16.9 Å². The van der Waals surface area contributed by atoms with Gasteiger partial charge in [-0.2, -0.15) is 0 Å². The van der Waals surface area contributed by atoms with Crippen molar-refractivity contribution in [2.24, 2.45) is 0 Å². The quantitative estimate of drug-likeness (QED) is 0.176. The number of aliphatic hydroxyl groups excluding tert-OH is 1. The second-order valence-corrected chi connectivity index (χ2v) is 10.5. The first-order valence-corrected chi connectivity index (χ1v) is 13.6. The van der Waals surface area contributed by atoms with E-state index in [1.165, 1.54) is 31.3 Å². The fourth-order valence-electron chi connectivity index (χ4n) is 4.58. The first kappa shape index (κ1) is 26.3. The summed E-state index contributed by atoms with van der Waals surface area (Å²) in [6.07, 6.45) is 7.52. The molecule has 7 nitrogen and oxygen atoms in total. The average molecular weight is 558 g/mol. The lowest BCUT2D eigenvalue weighted by Gasteiger charge is -2.13. The molecule has 40 heavy (non-hydrogen) atoms. The third kappa shape index (κ3) is 6.42. The second-order valence-electron chi connectivity index (χ2n) is 10.1. The average Bonchev–Trinajstić information content (AvgIpc) is 3.67. The molecule has 1 saturated carbocycles. The number of anilines is 2. The van der Waals surface area contributed by atoms with Gasteiger partial charge in [0.05, 0.1) is 16.6 Å². The van der Waals surface area contributed by atoms with Crippen LogP contribution in [0, 0.1) is 5.82 Å². The van der Waals surface area contributed by atoms with E-state index in [1.54, 1.807) is 24.3 Å². The Balaban J connectivity index is 1.16. The van der Waals surface area contributed by atoms with E-state index in [0.29, 0.717) is 35.7 Å². The summed E-state index contributed by atoms with van der Waals surface area (Å²) in [5.74, 6) is 0.849. The Morgan fingerprint density at radius 1 is 1.05 bits per heavy atom. The highest BCUT2D eigenvalue weighted by Gasteiger charge is 2.21. The fraction of sp³-hybridized carbons (Fsp3) is 0.226. The summed E-state index contributed by atoms with van der Waals surface area (Å²) in [4.78, 5) is 8.90. The Bertz CT molecular complexity index is 1640. The van der Waals surface area contributed by atoms with Crippen molar-refractivity contribution in [2.45, 2.75) is 38.1 Å². The minimum atomic E-state index is -0.438. The molecule has 0 spiro atoms. The van der Waals surface area contributed by atoms with E-state index >= 15 is 0 Å². The lowest BCUT2D eigenvalue weighted by Crippen LogP contribution is -2.31. The van der Waals surface area contributed by atoms with Crippen LogP contribution in [0.15, 0.2) is 85.5 Å². The molecule has 0 amide bonds. The molecule has 1 aliphatic carbocycles. The number of rotatable bonds is 11. The van der Waals surface area contributed by atoms with E-state index in [4.69, 9.17) is 16.3 Å². The SMILES string of the molecule is O[C@@H](CNC1CC1)Cn1ccc(-c2ccc3ncnc(Nc4ccc(OCc5cccc(F)c5)c(Cl)c4)c3c2)c1. The summed E-state index contributed by atoms with van der Waals surface area (Å²) in [6, 6.07) is 20.4. The Kier molecular flexibility index (Phi) is 7.64. The molecule has 0 saturated heterocycles. The monoisotopic (exact) mass is 557 g/mol. The summed E-state index contributed by atoms with van der Waals surface area (Å²) in [5, 5.41) is 18.4. The molecule has 0 radical (unpaired) electrons. The number of nitrogens with one attached hydrogen (secondary N) is 2. The van der Waals surface area contributed by atoms with Crippen LogP contribution in [-0.2, 0) is 13.2 Å². The number of benzene rings is 3. The van der Waals surface area contributed by atoms with Crippen molar-refractivity contribution in [1.82, 2.24) is 19.9 Å². The molecule has 204 valence electrons. The molecule has 2 aromatic heterocycles. The van der Waals surface area contributed by atoms with Crippen molar-refractivity contribution in [3.05, 3.63) is 102 Å². The Hall–Kier alpha value is -3.98. The van der Waals surface area contributed by atoms with Gasteiger partial charge in [-0.3, -0.25) is 0 Å². The summed E-state index contributed by atoms with van der Waals surface area (Å²) in [7, 11) is 0. The van der Waals surface area contributed by atoms with Gasteiger partial charge in [-0.15, -0.1) is 0 Å². The molecular formula is C31H29ClFN5O2. The summed E-state index contributed by atoms with van der Waals surface area (Å²) >= 11 is 6.50. The Labute approximate surface area is 236 Å². The third-order valence-corrected chi connectivity index (χ3v) is 7.13. The van der Waals surface area contributed by atoms with Gasteiger partial charge < -0.3 is 25.0 Å². The number of halogens is 2. The van der Waals surface area contributed by atoms with Crippen LogP contribution in [0.4, 0.5) is 15.9 Å². The molecule has 1 fully saturated rings. The maximum atomic E-state index is 13.4. The molecule has 5 aromatic rings. The zero-order valence-electron chi connectivity index (χ0n) is 21.7. The number of nitrogens with zero attached hydrogens (tertiary/aromatic N) is 3. The van der Waals surface area contributed by atoms with Crippen molar-refractivity contribution in [2.75, 3.05) is 11.9 Å². The van der Waals surface area contributed by atoms with Crippen molar-refractivity contribution in [3.63, 3.8) is 0 Å². The van der Waals surface area contributed by atoms with E-state index in [2.05, 4.69) is 26.7 Å². The van der Waals surface area contributed by atoms with Gasteiger partial charge in [0.15, 0.2) is 0 Å². The second kappa shape index (κ2) is 11.6. The van der Waals surface area contributed by atoms with Gasteiger partial charge in [0.2, 0.25) is 0 Å². The number of aliphatic hydroxyl groups is 1. The van der Waals surface area contributed by atoms with Crippen LogP contribution in [0.3, 0.4) is 0 Å². The highest BCUT2D eigenvalue weighted by atomic mass is 35.5. The fourth-order valence-corrected chi connectivity index (χ4v) is 4.81. The zero-order valence-corrected chi connectivity index (χ0v) is 22.5. The van der Waals surface area contributed by atoms with Crippen LogP contribution < -0.4 is 15.4 Å². The van der Waals surface area contributed by atoms with Crippen LogP contribution >= 0.6 is 11.6 Å². The molecule has 2 heterocycles. The maximum absolute atomic E-state index is 13.4. The molecule has 1 aliphatic rings. The minimum Gasteiger partial charge on any atom is -0.487 e. The molecule has 0 bridgehead atoms. The van der Waals surface area contributed by atoms with Gasteiger partial charge in [0.25, 0.3) is 0 Å². The first-order valence-electron chi connectivity index (χ1n) is 13.3. The van der Waals surface area contributed by atoms with E-state index in [9.17, 15) is 9.50 Å². The van der Waals surface area contributed by atoms with Crippen molar-refractivity contribution < 1.29 is 14.2 Å². The van der Waals surface area contributed by atoms with Crippen LogP contribution in [0.1, 0.15) is 18.4 Å². The highest BCUT2D eigenvalue weighted by molar-refractivity contribution is 6.32. The zero-order chi connectivity index (χ0) is 27.5. The topological polar surface area (TPSA) is 84.2 Å². The van der Waals surface area contributed by atoms with Crippen LogP contribution in [0.25, 0.3) is 22.0 Å². The van der Waals surface area contributed by atoms with Gasteiger partial charge in [0, 0.05) is 42.6 Å². The van der Waals surface area contributed by atoms with E-state index < -0.39 is 6.10 Å². The van der Waals surface area contributed by atoms with Gasteiger partial charge in [-0.1, -0.05) is 29.8 Å². The predicted octanol–water partition coefficient (Wildman–Crippen LogP) is 6.33. The summed E-state index contributed by atoms with van der Waals surface area (Å²) < 4.78 is 21.3. The molecule has 0 unspecified atom stereocenters. The largest absolute Gasteiger partial charge is 0.487 e. The molecular weight excluding hydrogens is 529 g/mol. The number of hydrogen-bond donors (Lipinski definition) is 3. The normalized spacial score (nSPS) is 13.9. The number of fused-ring (bicyclic) bond motifs is 1. The van der Waals surface area contributed by atoms with E-state index in [0.717, 1.165) is 33.3 Å². The molecule has 3 aromatic carbocycles. The van der Waals surface area contributed by atoms with Crippen LogP contribution in [-0.4, -0.2) is 38.3 Å². The van der Waals surface area contributed by atoms with Gasteiger partial charge >= 0.3 is 0 Å². The standard InChI is InChI=1S/C31H29ClFN5O2/c32-28-14-25(7-9-30(28)40-18-20-2-1-3-23(33)12-20)37-31-27-13-21(4-8-29(27)35-19-36-31)22-10-11-38(16-22)17-26(39)15-34-24-5-6-24/h1-4,7-14,16,19,24,26,34,39H,5-6,15,17-18H2,(H,35,36,37)/t26-/m0/s1. The number of aromatic nitrogens is 3. The lowest BCUT2D eigenvalue weighted by atomic mass is 10.1. The highest BCUT2D eigenvalue weighted by Crippen LogP contribution is 2.32. The summed E-state index contributed by atoms with van der Waals surface area (Å²) in [5.41, 5.74) is 4.34. The van der Waals surface area contributed by atoms with Crippen LogP contribution in [0.2, 0.25) is 5.02 Å². The number of ether oxygens (including phenoxy) is 1. The van der Waals surface area contributed by atoms with Gasteiger partial charge in [-0.25, -0.2) is 14.4 Å². The maximum Gasteiger partial charge on any atom is 0.141 e. The molecule has 9 heteroatoms. The smallest absolute Gasteiger partial charge is 0.141 e. The lowest BCUT2D eigenvalue weighted by molar-refractivity contribution is 0.151. The van der Waals surface area contributed by atoms with Gasteiger partial charge in [0.1, 0.15) is 30.3 Å². The molecule has 6 rings (SSSR count). The van der Waals surface area contributed by atoms with E-state index in [-0.39, 0.29) is 12.4 Å². The van der Waals surface area contributed by atoms with Crippen molar-refractivity contribution >= 4 is 34.0 Å². The predicted molar refractivity (Wildman–Crippen MR) is 155 cm³/mol. The first-order chi connectivity index (χ1) is 19.5.